The Morgan fingerprint density at radius 3 is 2.69 bits per heavy atom. The number of nitro benzene ring substituents is 1. The Morgan fingerprint density at radius 2 is 2.04 bits per heavy atom. The molecule has 2 aromatic rings. The van der Waals surface area contributed by atoms with Gasteiger partial charge in [0.05, 0.1) is 23.3 Å². The van der Waals surface area contributed by atoms with Gasteiger partial charge in [0.2, 0.25) is 0 Å². The first-order valence-electron chi connectivity index (χ1n) is 7.44. The summed E-state index contributed by atoms with van der Waals surface area (Å²) in [6.45, 7) is 1.31. The minimum atomic E-state index is -0.564. The number of carbonyl (C=O) groups is 1. The molecule has 2 rings (SSSR count). The number of rotatable bonds is 7. The molecule has 0 saturated carbocycles. The van der Waals surface area contributed by atoms with Crippen LogP contribution in [-0.2, 0) is 4.79 Å². The monoisotopic (exact) mass is 377 g/mol. The van der Waals surface area contributed by atoms with Crippen molar-refractivity contribution < 1.29 is 19.2 Å². The van der Waals surface area contributed by atoms with Crippen molar-refractivity contribution in [3.63, 3.8) is 0 Å². The summed E-state index contributed by atoms with van der Waals surface area (Å²) in [5.74, 6) is -0.0154. The summed E-state index contributed by atoms with van der Waals surface area (Å²) in [6.07, 6.45) is 1.40. The van der Waals surface area contributed by atoms with Crippen LogP contribution < -0.4 is 14.9 Å². The number of benzene rings is 2. The maximum atomic E-state index is 11.8. The van der Waals surface area contributed by atoms with Gasteiger partial charge in [0.1, 0.15) is 5.75 Å². The van der Waals surface area contributed by atoms with E-state index in [1.54, 1.807) is 31.2 Å². The Bertz CT molecular complexity index is 854. The van der Waals surface area contributed by atoms with Crippen LogP contribution in [0.5, 0.6) is 11.5 Å². The first-order valence-corrected chi connectivity index (χ1v) is 7.82. The molecule has 0 spiro atoms. The van der Waals surface area contributed by atoms with E-state index >= 15 is 0 Å². The number of nitrogens with zero attached hydrogens (tertiary/aromatic N) is 2. The van der Waals surface area contributed by atoms with Crippen LogP contribution >= 0.6 is 11.6 Å². The molecule has 0 radical (unpaired) electrons. The van der Waals surface area contributed by atoms with Crippen LogP contribution in [0.1, 0.15) is 11.1 Å². The molecule has 1 N–H and O–H groups in total. The van der Waals surface area contributed by atoms with Crippen LogP contribution in [0.2, 0.25) is 5.02 Å². The number of nitro groups is 1. The molecule has 2 aromatic carbocycles. The average molecular weight is 378 g/mol. The molecule has 136 valence electrons. The zero-order chi connectivity index (χ0) is 19.1. The second-order valence-electron chi connectivity index (χ2n) is 5.20. The minimum Gasteiger partial charge on any atom is -0.495 e. The third kappa shape index (κ3) is 5.18. The summed E-state index contributed by atoms with van der Waals surface area (Å²) in [5.41, 5.74) is 3.45. The van der Waals surface area contributed by atoms with Crippen LogP contribution in [0.3, 0.4) is 0 Å². The van der Waals surface area contributed by atoms with Crippen molar-refractivity contribution in [2.24, 2.45) is 5.10 Å². The van der Waals surface area contributed by atoms with Crippen LogP contribution in [0, 0.1) is 17.0 Å². The van der Waals surface area contributed by atoms with Crippen molar-refractivity contribution in [1.82, 2.24) is 5.43 Å². The quantitative estimate of drug-likeness (QED) is 0.453. The van der Waals surface area contributed by atoms with Gasteiger partial charge in [-0.15, -0.1) is 0 Å². The maximum Gasteiger partial charge on any atom is 0.311 e. The number of hydrogen-bond donors (Lipinski definition) is 1. The zero-order valence-corrected chi connectivity index (χ0v) is 14.8. The Kier molecular flexibility index (Phi) is 6.51. The van der Waals surface area contributed by atoms with Gasteiger partial charge < -0.3 is 9.47 Å². The number of ether oxygens (including phenoxy) is 2. The van der Waals surface area contributed by atoms with Crippen molar-refractivity contribution in [1.29, 1.82) is 0 Å². The Morgan fingerprint density at radius 1 is 1.31 bits per heavy atom. The number of hydrazone groups is 1. The van der Waals surface area contributed by atoms with E-state index < -0.39 is 17.4 Å². The van der Waals surface area contributed by atoms with E-state index in [-0.39, 0.29) is 11.4 Å². The van der Waals surface area contributed by atoms with Gasteiger partial charge >= 0.3 is 5.69 Å². The van der Waals surface area contributed by atoms with Crippen LogP contribution in [0.25, 0.3) is 0 Å². The number of aryl methyl sites for hydroxylation is 1. The zero-order valence-electron chi connectivity index (χ0n) is 14.1. The lowest BCUT2D eigenvalue weighted by molar-refractivity contribution is -0.385. The third-order valence-corrected chi connectivity index (χ3v) is 3.54. The van der Waals surface area contributed by atoms with Gasteiger partial charge in [-0.25, -0.2) is 5.43 Å². The lowest BCUT2D eigenvalue weighted by Gasteiger charge is -2.06. The number of carbonyl (C=O) groups excluding carboxylic acids is 1. The molecule has 26 heavy (non-hydrogen) atoms. The fourth-order valence-electron chi connectivity index (χ4n) is 2.01. The smallest absolute Gasteiger partial charge is 0.311 e. The van der Waals surface area contributed by atoms with Gasteiger partial charge in [-0.1, -0.05) is 17.7 Å². The second-order valence-corrected chi connectivity index (χ2v) is 5.61. The lowest BCUT2D eigenvalue weighted by atomic mass is 10.2. The standard InChI is InChI=1S/C17H16ClN3O5/c1-11-3-5-16(14(7-11)21(23)24)26-10-17(22)20-19-9-12-4-6-15(25-2)13(18)8-12/h3-9H,10H2,1-2H3,(H,20,22)/b19-9+. The summed E-state index contributed by atoms with van der Waals surface area (Å²) >= 11 is 5.99. The molecule has 0 aliphatic carbocycles. The molecular formula is C17H16ClN3O5. The first kappa shape index (κ1) is 19.2. The number of methoxy groups -OCH3 is 1. The fraction of sp³-hybridized carbons (Fsp3) is 0.176. The maximum absolute atomic E-state index is 11.8. The molecule has 0 fully saturated rings. The molecule has 0 aliphatic rings. The van der Waals surface area contributed by atoms with E-state index in [9.17, 15) is 14.9 Å². The van der Waals surface area contributed by atoms with Crippen molar-refractivity contribution >= 4 is 29.4 Å². The molecule has 1 amide bonds. The minimum absolute atomic E-state index is 0.0154. The summed E-state index contributed by atoms with van der Waals surface area (Å²) in [4.78, 5) is 22.2. The van der Waals surface area contributed by atoms with Crippen LogP contribution in [0.4, 0.5) is 5.69 Å². The summed E-state index contributed by atoms with van der Waals surface area (Å²) in [6, 6.07) is 9.49. The second kappa shape index (κ2) is 8.82. The van der Waals surface area contributed by atoms with Crippen molar-refractivity contribution in [3.05, 3.63) is 62.7 Å². The predicted molar refractivity (Wildman–Crippen MR) is 97.1 cm³/mol. The molecule has 0 aliphatic heterocycles. The van der Waals surface area contributed by atoms with Gasteiger partial charge in [0, 0.05) is 6.07 Å². The fourth-order valence-corrected chi connectivity index (χ4v) is 2.28. The van der Waals surface area contributed by atoms with Crippen molar-refractivity contribution in [3.8, 4) is 11.5 Å². The Hall–Kier alpha value is -3.13. The van der Waals surface area contributed by atoms with E-state index in [1.165, 1.54) is 25.5 Å². The molecule has 8 nitrogen and oxygen atoms in total. The summed E-state index contributed by atoms with van der Waals surface area (Å²) in [5, 5.41) is 15.2. The van der Waals surface area contributed by atoms with E-state index in [0.717, 1.165) is 5.56 Å². The molecular weight excluding hydrogens is 362 g/mol. The van der Waals surface area contributed by atoms with E-state index in [2.05, 4.69) is 10.5 Å². The molecule has 0 heterocycles. The topological polar surface area (TPSA) is 103 Å². The highest BCUT2D eigenvalue weighted by molar-refractivity contribution is 6.32. The number of nitrogens with one attached hydrogen (secondary N) is 1. The largest absolute Gasteiger partial charge is 0.495 e. The van der Waals surface area contributed by atoms with Gasteiger partial charge in [-0.2, -0.15) is 5.10 Å². The normalized spacial score (nSPS) is 10.6. The Labute approximate surface area is 154 Å². The number of halogens is 1. The van der Waals surface area contributed by atoms with Crippen LogP contribution in [0.15, 0.2) is 41.5 Å². The van der Waals surface area contributed by atoms with Crippen molar-refractivity contribution in [2.45, 2.75) is 6.92 Å². The molecule has 0 bridgehead atoms. The van der Waals surface area contributed by atoms with Gasteiger partial charge in [-0.3, -0.25) is 14.9 Å². The number of amides is 1. The highest BCUT2D eigenvalue weighted by Gasteiger charge is 2.16. The van der Waals surface area contributed by atoms with Crippen LogP contribution in [-0.4, -0.2) is 30.8 Å². The SMILES string of the molecule is COc1ccc(/C=N/NC(=O)COc2ccc(C)cc2[N+](=O)[O-])cc1Cl. The number of hydrogen-bond acceptors (Lipinski definition) is 6. The van der Waals surface area contributed by atoms with Gasteiger partial charge in [-0.05, 0) is 42.3 Å². The van der Waals surface area contributed by atoms with E-state index in [1.807, 2.05) is 0 Å². The highest BCUT2D eigenvalue weighted by atomic mass is 35.5. The molecule has 9 heteroatoms. The van der Waals surface area contributed by atoms with Crippen molar-refractivity contribution in [2.75, 3.05) is 13.7 Å². The molecule has 0 saturated heterocycles. The highest BCUT2D eigenvalue weighted by Crippen LogP contribution is 2.27. The van der Waals surface area contributed by atoms with E-state index in [0.29, 0.717) is 16.3 Å². The summed E-state index contributed by atoms with van der Waals surface area (Å²) < 4.78 is 10.2. The molecule has 0 atom stereocenters. The molecule has 0 unspecified atom stereocenters. The lowest BCUT2D eigenvalue weighted by Crippen LogP contribution is -2.24. The van der Waals surface area contributed by atoms with E-state index in [4.69, 9.17) is 21.1 Å². The van der Waals surface area contributed by atoms with Gasteiger partial charge in [0.15, 0.2) is 12.4 Å². The third-order valence-electron chi connectivity index (χ3n) is 3.25. The summed E-state index contributed by atoms with van der Waals surface area (Å²) in [7, 11) is 1.51. The predicted octanol–water partition coefficient (Wildman–Crippen LogP) is 3.09. The average Bonchev–Trinajstić information content (AvgIpc) is 2.60. The Balaban J connectivity index is 1.91. The molecule has 0 aromatic heterocycles. The van der Waals surface area contributed by atoms with Gasteiger partial charge in [0.25, 0.3) is 5.91 Å². The first-order chi connectivity index (χ1) is 12.4.